The largest absolute Gasteiger partial charge is 0.309 e. The summed E-state index contributed by atoms with van der Waals surface area (Å²) < 4.78 is 5.17. The van der Waals surface area contributed by atoms with Gasteiger partial charge in [-0.15, -0.1) is 11.3 Å². The molecule has 0 saturated carbocycles. The Morgan fingerprint density at radius 1 is 0.462 bits per heavy atom. The third kappa shape index (κ3) is 2.64. The monoisotopic (exact) mass is 513 g/mol. The van der Waals surface area contributed by atoms with Crippen LogP contribution in [0.4, 0.5) is 0 Å². The molecule has 6 aromatic carbocycles. The van der Waals surface area contributed by atoms with Crippen molar-refractivity contribution in [3.05, 3.63) is 162 Å². The van der Waals surface area contributed by atoms with E-state index in [-0.39, 0.29) is 0 Å². The van der Waals surface area contributed by atoms with Gasteiger partial charge in [0.1, 0.15) is 0 Å². The van der Waals surface area contributed by atoms with Crippen LogP contribution in [-0.4, -0.2) is 4.57 Å². The van der Waals surface area contributed by atoms with Gasteiger partial charge in [-0.2, -0.15) is 0 Å². The van der Waals surface area contributed by atoms with Crippen LogP contribution in [0.25, 0.3) is 47.7 Å². The van der Waals surface area contributed by atoms with Crippen molar-refractivity contribution in [1.82, 2.24) is 4.57 Å². The Kier molecular flexibility index (Phi) is 4.20. The summed E-state index contributed by atoms with van der Waals surface area (Å²) >= 11 is 1.89. The molecule has 1 atom stereocenters. The molecule has 0 radical (unpaired) electrons. The lowest BCUT2D eigenvalue weighted by molar-refractivity contribution is 0.729. The minimum Gasteiger partial charge on any atom is -0.309 e. The van der Waals surface area contributed by atoms with Crippen LogP contribution in [0.2, 0.25) is 0 Å². The third-order valence-electron chi connectivity index (χ3n) is 8.67. The molecule has 2 aromatic heterocycles. The van der Waals surface area contributed by atoms with E-state index in [4.69, 9.17) is 0 Å². The molecular weight excluding hydrogens is 490 g/mol. The normalized spacial score (nSPS) is 16.3. The highest BCUT2D eigenvalue weighted by Crippen LogP contribution is 2.54. The maximum atomic E-state index is 2.49. The van der Waals surface area contributed by atoms with E-state index in [2.05, 4.69) is 144 Å². The van der Waals surface area contributed by atoms with E-state index in [9.17, 15) is 0 Å². The van der Waals surface area contributed by atoms with E-state index in [1.165, 1.54) is 69.9 Å². The molecule has 1 unspecified atom stereocenters. The fraction of sp³-hybridized carbons (Fsp3) is 0.0270. The van der Waals surface area contributed by atoms with Gasteiger partial charge in [0.2, 0.25) is 0 Å². The average Bonchev–Trinajstić information content (AvgIpc) is 3.55. The van der Waals surface area contributed by atoms with Crippen LogP contribution in [0, 0.1) is 0 Å². The summed E-state index contributed by atoms with van der Waals surface area (Å²) in [6.45, 7) is 0. The van der Waals surface area contributed by atoms with Crippen molar-refractivity contribution in [2.24, 2.45) is 0 Å². The number of benzene rings is 6. The smallest absolute Gasteiger partial charge is 0.0743 e. The maximum absolute atomic E-state index is 2.49. The molecule has 0 spiro atoms. The number of nitrogens with zero attached hydrogens (tertiary/aromatic N) is 1. The van der Waals surface area contributed by atoms with E-state index in [0.717, 1.165) is 0 Å². The standard InChI is InChI=1S/C37H23NS/c1-2-11-24(12-3-1)37(25-21-22-28-27-14-5-9-20-34(27)39-35(28)23-25)30-16-6-8-19-33(30)38-32-18-7-4-13-26(32)29-15-10-17-31(37)36(29)38/h1-23H. The fourth-order valence-electron chi connectivity index (χ4n) is 7.14. The van der Waals surface area contributed by atoms with Crippen LogP contribution in [0.15, 0.2) is 140 Å². The lowest BCUT2D eigenvalue weighted by Gasteiger charge is -2.41. The molecule has 8 aromatic rings. The Labute approximate surface area is 230 Å². The second kappa shape index (κ2) is 7.69. The lowest BCUT2D eigenvalue weighted by Crippen LogP contribution is -2.35. The molecule has 9 rings (SSSR count). The van der Waals surface area contributed by atoms with Gasteiger partial charge in [0.15, 0.2) is 0 Å². The number of para-hydroxylation sites is 3. The molecule has 0 saturated heterocycles. The zero-order chi connectivity index (χ0) is 25.6. The Hall–Kier alpha value is -4.66. The number of thiophene rings is 1. The molecule has 0 fully saturated rings. The number of rotatable bonds is 2. The Morgan fingerprint density at radius 2 is 1.15 bits per heavy atom. The number of hydrogen-bond donors (Lipinski definition) is 0. The van der Waals surface area contributed by atoms with Crippen molar-refractivity contribution >= 4 is 53.3 Å². The van der Waals surface area contributed by atoms with Crippen LogP contribution in [0.3, 0.4) is 0 Å². The van der Waals surface area contributed by atoms with Gasteiger partial charge in [-0.3, -0.25) is 0 Å². The van der Waals surface area contributed by atoms with Gasteiger partial charge in [0, 0.05) is 30.9 Å². The Bertz CT molecular complexity index is 2230. The molecule has 0 amide bonds. The molecule has 1 aliphatic heterocycles. The minimum absolute atomic E-state index is 0.452. The highest BCUT2D eigenvalue weighted by molar-refractivity contribution is 7.25. The van der Waals surface area contributed by atoms with E-state index >= 15 is 0 Å². The van der Waals surface area contributed by atoms with Crippen molar-refractivity contribution in [3.63, 3.8) is 0 Å². The van der Waals surface area contributed by atoms with Crippen LogP contribution in [0.1, 0.15) is 22.3 Å². The predicted octanol–water partition coefficient (Wildman–Crippen LogP) is 9.85. The van der Waals surface area contributed by atoms with Crippen LogP contribution in [-0.2, 0) is 5.41 Å². The lowest BCUT2D eigenvalue weighted by atomic mass is 9.63. The van der Waals surface area contributed by atoms with Gasteiger partial charge in [0.25, 0.3) is 0 Å². The minimum atomic E-state index is -0.452. The van der Waals surface area contributed by atoms with Crippen molar-refractivity contribution in [3.8, 4) is 5.69 Å². The van der Waals surface area contributed by atoms with Gasteiger partial charge in [-0.25, -0.2) is 0 Å². The molecule has 0 N–H and O–H groups in total. The first-order valence-electron chi connectivity index (χ1n) is 13.5. The van der Waals surface area contributed by atoms with Gasteiger partial charge in [0.05, 0.1) is 22.1 Å². The Morgan fingerprint density at radius 3 is 2.08 bits per heavy atom. The highest BCUT2D eigenvalue weighted by atomic mass is 32.1. The van der Waals surface area contributed by atoms with Crippen molar-refractivity contribution in [2.45, 2.75) is 5.41 Å². The van der Waals surface area contributed by atoms with Crippen LogP contribution in [0.5, 0.6) is 0 Å². The molecule has 3 heterocycles. The highest BCUT2D eigenvalue weighted by Gasteiger charge is 2.45. The first-order chi connectivity index (χ1) is 19.4. The molecule has 182 valence electrons. The van der Waals surface area contributed by atoms with Crippen molar-refractivity contribution < 1.29 is 0 Å². The summed E-state index contributed by atoms with van der Waals surface area (Å²) in [6, 6.07) is 51.8. The zero-order valence-electron chi connectivity index (χ0n) is 21.1. The number of hydrogen-bond acceptors (Lipinski definition) is 1. The second-order valence-electron chi connectivity index (χ2n) is 10.5. The van der Waals surface area contributed by atoms with Crippen molar-refractivity contribution in [1.29, 1.82) is 0 Å². The Balaban J connectivity index is 1.51. The first kappa shape index (κ1) is 21.3. The SMILES string of the molecule is c1ccc(C2(c3ccc4c(c3)sc3ccccc34)c3ccccc3-n3c4ccccc4c4cccc2c43)cc1. The van der Waals surface area contributed by atoms with Gasteiger partial charge < -0.3 is 4.57 Å². The fourth-order valence-corrected chi connectivity index (χ4v) is 8.28. The molecule has 1 aliphatic rings. The van der Waals surface area contributed by atoms with E-state index < -0.39 is 5.41 Å². The molecule has 0 aliphatic carbocycles. The summed E-state index contributed by atoms with van der Waals surface area (Å²) in [4.78, 5) is 0. The second-order valence-corrected chi connectivity index (χ2v) is 11.6. The molecule has 1 nitrogen and oxygen atoms in total. The van der Waals surface area contributed by atoms with Crippen molar-refractivity contribution in [2.75, 3.05) is 0 Å². The van der Waals surface area contributed by atoms with E-state index in [1.807, 2.05) is 11.3 Å². The summed E-state index contributed by atoms with van der Waals surface area (Å²) in [5, 5.41) is 5.27. The third-order valence-corrected chi connectivity index (χ3v) is 9.80. The number of fused-ring (bicyclic) bond motifs is 8. The van der Waals surface area contributed by atoms with E-state index in [0.29, 0.717) is 0 Å². The maximum Gasteiger partial charge on any atom is 0.0743 e. The van der Waals surface area contributed by atoms with Crippen LogP contribution >= 0.6 is 11.3 Å². The summed E-state index contributed by atoms with van der Waals surface area (Å²) in [5.41, 5.74) is 8.62. The summed E-state index contributed by atoms with van der Waals surface area (Å²) in [7, 11) is 0. The van der Waals surface area contributed by atoms with E-state index in [1.54, 1.807) is 0 Å². The predicted molar refractivity (Wildman–Crippen MR) is 166 cm³/mol. The zero-order valence-corrected chi connectivity index (χ0v) is 22.0. The first-order valence-corrected chi connectivity index (χ1v) is 14.3. The summed E-state index contributed by atoms with van der Waals surface area (Å²) in [6.07, 6.45) is 0. The average molecular weight is 514 g/mol. The summed E-state index contributed by atoms with van der Waals surface area (Å²) in [5.74, 6) is 0. The molecular formula is C37H23NS. The van der Waals surface area contributed by atoms with Gasteiger partial charge in [-0.05, 0) is 46.5 Å². The molecule has 39 heavy (non-hydrogen) atoms. The molecule has 2 heteroatoms. The van der Waals surface area contributed by atoms with Crippen LogP contribution < -0.4 is 0 Å². The topological polar surface area (TPSA) is 4.93 Å². The quantitative estimate of drug-likeness (QED) is 0.217. The molecule has 0 bridgehead atoms. The van der Waals surface area contributed by atoms with Gasteiger partial charge in [-0.1, -0.05) is 115 Å². The number of aromatic nitrogens is 1. The van der Waals surface area contributed by atoms with Gasteiger partial charge >= 0.3 is 0 Å².